The van der Waals surface area contributed by atoms with Crippen molar-refractivity contribution >= 4 is 23.4 Å². The third-order valence-electron chi connectivity index (χ3n) is 2.09. The summed E-state index contributed by atoms with van der Waals surface area (Å²) in [7, 11) is 0. The molecular weight excluding hydrogens is 244 g/mol. The van der Waals surface area contributed by atoms with Crippen LogP contribution >= 0.6 is 23.4 Å². The third-order valence-corrected chi connectivity index (χ3v) is 3.43. The Morgan fingerprint density at radius 1 is 1.25 bits per heavy atom. The van der Waals surface area contributed by atoms with Gasteiger partial charge in [0.1, 0.15) is 11.9 Å². The molecule has 4 heteroatoms. The van der Waals surface area contributed by atoms with E-state index in [1.54, 1.807) is 30.2 Å². The largest absolute Gasteiger partial charge is 0.467 e. The van der Waals surface area contributed by atoms with Gasteiger partial charge in [0.15, 0.2) is 0 Å². The molecule has 2 rings (SSSR count). The van der Waals surface area contributed by atoms with E-state index in [0.717, 1.165) is 9.92 Å². The van der Waals surface area contributed by atoms with Gasteiger partial charge in [0, 0.05) is 15.7 Å². The number of furan rings is 1. The maximum atomic E-state index is 9.78. The Kier molecular flexibility index (Phi) is 3.93. The van der Waals surface area contributed by atoms with Crippen LogP contribution < -0.4 is 0 Å². The van der Waals surface area contributed by atoms with Crippen LogP contribution in [0.2, 0.25) is 5.02 Å². The van der Waals surface area contributed by atoms with E-state index in [4.69, 9.17) is 16.0 Å². The second-order valence-electron chi connectivity index (χ2n) is 3.30. The molecule has 0 fully saturated rings. The predicted molar refractivity (Wildman–Crippen MR) is 65.8 cm³/mol. The monoisotopic (exact) mass is 254 g/mol. The molecule has 0 aliphatic carbocycles. The number of benzene rings is 1. The van der Waals surface area contributed by atoms with Gasteiger partial charge in [-0.05, 0) is 36.4 Å². The van der Waals surface area contributed by atoms with Crippen LogP contribution in [0.3, 0.4) is 0 Å². The SMILES string of the molecule is OC(CSc1ccc(Cl)cc1)c1ccco1. The second-order valence-corrected chi connectivity index (χ2v) is 4.83. The van der Waals surface area contributed by atoms with E-state index in [9.17, 15) is 5.11 Å². The number of hydrogen-bond donors (Lipinski definition) is 1. The van der Waals surface area contributed by atoms with Crippen molar-refractivity contribution in [1.82, 2.24) is 0 Å². The summed E-state index contributed by atoms with van der Waals surface area (Å²) in [6.07, 6.45) is 0.988. The average Bonchev–Trinajstić information content (AvgIpc) is 2.81. The molecule has 0 radical (unpaired) electrons. The highest BCUT2D eigenvalue weighted by Gasteiger charge is 2.10. The normalized spacial score (nSPS) is 12.6. The molecule has 0 saturated heterocycles. The van der Waals surface area contributed by atoms with Gasteiger partial charge in [0.2, 0.25) is 0 Å². The summed E-state index contributed by atoms with van der Waals surface area (Å²) >= 11 is 7.35. The molecule has 0 amide bonds. The zero-order valence-corrected chi connectivity index (χ0v) is 10.0. The van der Waals surface area contributed by atoms with E-state index in [1.165, 1.54) is 0 Å². The molecule has 1 aromatic heterocycles. The minimum Gasteiger partial charge on any atom is -0.467 e. The number of halogens is 1. The molecule has 2 aromatic rings. The first-order valence-corrected chi connectivity index (χ1v) is 6.22. The Bertz CT molecular complexity index is 425. The van der Waals surface area contributed by atoms with Gasteiger partial charge in [-0.25, -0.2) is 0 Å². The van der Waals surface area contributed by atoms with Gasteiger partial charge in [-0.15, -0.1) is 11.8 Å². The lowest BCUT2D eigenvalue weighted by molar-refractivity contribution is 0.174. The van der Waals surface area contributed by atoms with Crippen molar-refractivity contribution in [3.8, 4) is 0 Å². The van der Waals surface area contributed by atoms with Crippen molar-refractivity contribution in [3.05, 3.63) is 53.4 Å². The number of aliphatic hydroxyl groups is 1. The number of rotatable bonds is 4. The van der Waals surface area contributed by atoms with Gasteiger partial charge >= 0.3 is 0 Å². The van der Waals surface area contributed by atoms with E-state index >= 15 is 0 Å². The zero-order chi connectivity index (χ0) is 11.4. The lowest BCUT2D eigenvalue weighted by Gasteiger charge is -2.07. The van der Waals surface area contributed by atoms with E-state index in [2.05, 4.69) is 0 Å². The Labute approximate surface area is 103 Å². The summed E-state index contributed by atoms with van der Waals surface area (Å²) < 4.78 is 5.12. The minimum absolute atomic E-state index is 0.565. The number of thioether (sulfide) groups is 1. The van der Waals surface area contributed by atoms with Gasteiger partial charge in [0.05, 0.1) is 6.26 Å². The standard InChI is InChI=1S/C12H11ClO2S/c13-9-3-5-10(6-4-9)16-8-11(14)12-2-1-7-15-12/h1-7,11,14H,8H2. The highest BCUT2D eigenvalue weighted by molar-refractivity contribution is 7.99. The molecule has 1 heterocycles. The third kappa shape index (κ3) is 3.04. The van der Waals surface area contributed by atoms with Crippen LogP contribution in [-0.4, -0.2) is 10.9 Å². The Hall–Kier alpha value is -0.900. The van der Waals surface area contributed by atoms with E-state index < -0.39 is 6.10 Å². The molecular formula is C12H11ClO2S. The number of hydrogen-bond acceptors (Lipinski definition) is 3. The van der Waals surface area contributed by atoms with Crippen LogP contribution in [0, 0.1) is 0 Å². The highest BCUT2D eigenvalue weighted by atomic mass is 35.5. The smallest absolute Gasteiger partial charge is 0.133 e. The first-order chi connectivity index (χ1) is 7.75. The first-order valence-electron chi connectivity index (χ1n) is 4.85. The fraction of sp³-hybridized carbons (Fsp3) is 0.167. The number of aliphatic hydroxyl groups excluding tert-OH is 1. The summed E-state index contributed by atoms with van der Waals surface area (Å²) in [6, 6.07) is 11.1. The van der Waals surface area contributed by atoms with Gasteiger partial charge in [-0.2, -0.15) is 0 Å². The van der Waals surface area contributed by atoms with Crippen molar-refractivity contribution in [3.63, 3.8) is 0 Å². The second kappa shape index (κ2) is 5.43. The Balaban J connectivity index is 1.90. The molecule has 16 heavy (non-hydrogen) atoms. The Morgan fingerprint density at radius 3 is 2.62 bits per heavy atom. The van der Waals surface area contributed by atoms with Crippen LogP contribution in [0.5, 0.6) is 0 Å². The average molecular weight is 255 g/mol. The van der Waals surface area contributed by atoms with Crippen LogP contribution in [0.4, 0.5) is 0 Å². The van der Waals surface area contributed by atoms with Crippen molar-refractivity contribution in [2.75, 3.05) is 5.75 Å². The zero-order valence-electron chi connectivity index (χ0n) is 8.47. The lowest BCUT2D eigenvalue weighted by atomic mass is 10.3. The lowest BCUT2D eigenvalue weighted by Crippen LogP contribution is -1.98. The maximum Gasteiger partial charge on any atom is 0.133 e. The van der Waals surface area contributed by atoms with Crippen LogP contribution in [-0.2, 0) is 0 Å². The summed E-state index contributed by atoms with van der Waals surface area (Å²) in [5.74, 6) is 1.16. The van der Waals surface area contributed by atoms with Gasteiger partial charge in [-0.1, -0.05) is 11.6 Å². The van der Waals surface area contributed by atoms with Crippen LogP contribution in [0.25, 0.3) is 0 Å². The molecule has 0 aliphatic rings. The minimum atomic E-state index is -0.573. The summed E-state index contributed by atoms with van der Waals surface area (Å²) in [5, 5.41) is 10.5. The summed E-state index contributed by atoms with van der Waals surface area (Å²) in [4.78, 5) is 1.08. The van der Waals surface area contributed by atoms with Gasteiger partial charge < -0.3 is 9.52 Å². The van der Waals surface area contributed by atoms with Crippen molar-refractivity contribution in [1.29, 1.82) is 0 Å². The first kappa shape index (κ1) is 11.6. The molecule has 1 aromatic carbocycles. The summed E-state index contributed by atoms with van der Waals surface area (Å²) in [5.41, 5.74) is 0. The highest BCUT2D eigenvalue weighted by Crippen LogP contribution is 2.25. The molecule has 0 spiro atoms. The molecule has 84 valence electrons. The Morgan fingerprint density at radius 2 is 2.00 bits per heavy atom. The van der Waals surface area contributed by atoms with Crippen molar-refractivity contribution in [2.45, 2.75) is 11.0 Å². The molecule has 0 aliphatic heterocycles. The van der Waals surface area contributed by atoms with E-state index in [1.807, 2.05) is 24.3 Å². The maximum absolute atomic E-state index is 9.78. The predicted octanol–water partition coefficient (Wildman–Crippen LogP) is 3.76. The van der Waals surface area contributed by atoms with Crippen LogP contribution in [0.15, 0.2) is 52.0 Å². The molecule has 2 nitrogen and oxygen atoms in total. The molecule has 1 N–H and O–H groups in total. The van der Waals surface area contributed by atoms with E-state index in [-0.39, 0.29) is 0 Å². The van der Waals surface area contributed by atoms with Crippen molar-refractivity contribution < 1.29 is 9.52 Å². The molecule has 1 atom stereocenters. The van der Waals surface area contributed by atoms with Gasteiger partial charge in [-0.3, -0.25) is 0 Å². The molecule has 0 saturated carbocycles. The van der Waals surface area contributed by atoms with Crippen molar-refractivity contribution in [2.24, 2.45) is 0 Å². The molecule has 1 unspecified atom stereocenters. The topological polar surface area (TPSA) is 33.4 Å². The van der Waals surface area contributed by atoms with Gasteiger partial charge in [0.25, 0.3) is 0 Å². The van der Waals surface area contributed by atoms with Crippen LogP contribution in [0.1, 0.15) is 11.9 Å². The quantitative estimate of drug-likeness (QED) is 0.844. The van der Waals surface area contributed by atoms with E-state index in [0.29, 0.717) is 11.5 Å². The summed E-state index contributed by atoms with van der Waals surface area (Å²) in [6.45, 7) is 0. The fourth-order valence-electron chi connectivity index (χ4n) is 1.27. The fourth-order valence-corrected chi connectivity index (χ4v) is 2.24. The molecule has 0 bridgehead atoms.